The number of nitrogens with one attached hydrogen (secondary N) is 1. The molecule has 2 aromatic rings. The van der Waals surface area contributed by atoms with E-state index in [-0.39, 0.29) is 5.91 Å². The molecule has 0 radical (unpaired) electrons. The van der Waals surface area contributed by atoms with E-state index in [4.69, 9.17) is 5.11 Å². The Hall–Kier alpha value is -2.62. The number of aliphatic carboxylic acids is 1. The SMILES string of the molecule is Cc1ccc(CCC(=O)Nc2ccc(C(C)C(=O)O)cc2)c(C)c1. The molecule has 0 saturated carbocycles. The van der Waals surface area contributed by atoms with Crippen LogP contribution in [-0.2, 0) is 16.0 Å². The molecule has 0 aliphatic carbocycles. The second kappa shape index (κ2) is 7.77. The molecule has 0 fully saturated rings. The highest BCUT2D eigenvalue weighted by Gasteiger charge is 2.13. The van der Waals surface area contributed by atoms with Gasteiger partial charge in [-0.05, 0) is 56.0 Å². The summed E-state index contributed by atoms with van der Waals surface area (Å²) >= 11 is 0. The van der Waals surface area contributed by atoms with Gasteiger partial charge in [-0.2, -0.15) is 0 Å². The van der Waals surface area contributed by atoms with Crippen molar-refractivity contribution in [3.05, 3.63) is 64.7 Å². The fourth-order valence-corrected chi connectivity index (χ4v) is 2.60. The van der Waals surface area contributed by atoms with E-state index in [0.29, 0.717) is 18.5 Å². The molecular weight excluding hydrogens is 302 g/mol. The van der Waals surface area contributed by atoms with Gasteiger partial charge < -0.3 is 10.4 Å². The van der Waals surface area contributed by atoms with Crippen molar-refractivity contribution >= 4 is 17.6 Å². The Morgan fingerprint density at radius 1 is 1.08 bits per heavy atom. The number of carboxylic acid groups (broad SMARTS) is 1. The van der Waals surface area contributed by atoms with Gasteiger partial charge in [0.05, 0.1) is 5.92 Å². The van der Waals surface area contributed by atoms with Crippen LogP contribution in [0.25, 0.3) is 0 Å². The lowest BCUT2D eigenvalue weighted by Crippen LogP contribution is -2.13. The standard InChI is InChI=1S/C20H23NO3/c1-13-4-5-16(14(2)12-13)8-11-19(22)21-18-9-6-17(7-10-18)15(3)20(23)24/h4-7,9-10,12,15H,8,11H2,1-3H3,(H,21,22)(H,23,24). The number of carboxylic acids is 1. The predicted octanol–water partition coefficient (Wildman–Crippen LogP) is 4.06. The fourth-order valence-electron chi connectivity index (χ4n) is 2.60. The number of carbonyl (C=O) groups is 2. The van der Waals surface area contributed by atoms with E-state index in [0.717, 1.165) is 5.56 Å². The smallest absolute Gasteiger partial charge is 0.310 e. The minimum atomic E-state index is -0.861. The molecule has 0 bridgehead atoms. The van der Waals surface area contributed by atoms with E-state index in [9.17, 15) is 9.59 Å². The quantitative estimate of drug-likeness (QED) is 0.841. The van der Waals surface area contributed by atoms with Gasteiger partial charge in [-0.15, -0.1) is 0 Å². The number of aryl methyl sites for hydroxylation is 3. The molecule has 1 amide bonds. The van der Waals surface area contributed by atoms with E-state index in [1.54, 1.807) is 31.2 Å². The van der Waals surface area contributed by atoms with Gasteiger partial charge in [-0.3, -0.25) is 9.59 Å². The highest BCUT2D eigenvalue weighted by atomic mass is 16.4. The van der Waals surface area contributed by atoms with Gasteiger partial charge in [0.25, 0.3) is 0 Å². The van der Waals surface area contributed by atoms with Crippen molar-refractivity contribution in [3.63, 3.8) is 0 Å². The van der Waals surface area contributed by atoms with Crippen LogP contribution >= 0.6 is 0 Å². The van der Waals surface area contributed by atoms with E-state index in [1.165, 1.54) is 16.7 Å². The zero-order valence-corrected chi connectivity index (χ0v) is 14.3. The van der Waals surface area contributed by atoms with Gasteiger partial charge in [-0.1, -0.05) is 35.9 Å². The molecule has 2 aromatic carbocycles. The van der Waals surface area contributed by atoms with Crippen molar-refractivity contribution in [2.24, 2.45) is 0 Å². The van der Waals surface area contributed by atoms with E-state index in [1.807, 2.05) is 0 Å². The minimum Gasteiger partial charge on any atom is -0.481 e. The molecule has 2 N–H and O–H groups in total. The molecule has 126 valence electrons. The second-order valence-electron chi connectivity index (χ2n) is 6.16. The molecule has 1 unspecified atom stereocenters. The summed E-state index contributed by atoms with van der Waals surface area (Å²) in [6, 6.07) is 13.2. The largest absolute Gasteiger partial charge is 0.481 e. The molecule has 0 aliphatic heterocycles. The molecule has 1 atom stereocenters. The topological polar surface area (TPSA) is 66.4 Å². The first kappa shape index (κ1) is 17.7. The molecule has 0 aromatic heterocycles. The first-order chi connectivity index (χ1) is 11.4. The van der Waals surface area contributed by atoms with Crippen LogP contribution in [0.5, 0.6) is 0 Å². The van der Waals surface area contributed by atoms with Crippen molar-refractivity contribution in [3.8, 4) is 0 Å². The van der Waals surface area contributed by atoms with Crippen LogP contribution in [0.4, 0.5) is 5.69 Å². The lowest BCUT2D eigenvalue weighted by atomic mass is 10.0. The van der Waals surface area contributed by atoms with Crippen LogP contribution in [0.1, 0.15) is 41.5 Å². The minimum absolute atomic E-state index is 0.0472. The molecule has 0 spiro atoms. The van der Waals surface area contributed by atoms with Gasteiger partial charge in [0, 0.05) is 12.1 Å². The van der Waals surface area contributed by atoms with Crippen molar-refractivity contribution < 1.29 is 14.7 Å². The number of rotatable bonds is 6. The van der Waals surface area contributed by atoms with Crippen LogP contribution in [0.15, 0.2) is 42.5 Å². The van der Waals surface area contributed by atoms with Crippen LogP contribution in [-0.4, -0.2) is 17.0 Å². The molecular formula is C20H23NO3. The third-order valence-electron chi connectivity index (χ3n) is 4.18. The van der Waals surface area contributed by atoms with Crippen LogP contribution in [0.3, 0.4) is 0 Å². The van der Waals surface area contributed by atoms with Crippen molar-refractivity contribution in [2.75, 3.05) is 5.32 Å². The Balaban J connectivity index is 1.91. The summed E-state index contributed by atoms with van der Waals surface area (Å²) in [4.78, 5) is 23.0. The molecule has 0 saturated heterocycles. The van der Waals surface area contributed by atoms with E-state index >= 15 is 0 Å². The summed E-state index contributed by atoms with van der Waals surface area (Å²) in [5, 5.41) is 11.9. The maximum absolute atomic E-state index is 12.1. The van der Waals surface area contributed by atoms with E-state index < -0.39 is 11.9 Å². The number of hydrogen-bond donors (Lipinski definition) is 2. The summed E-state index contributed by atoms with van der Waals surface area (Å²) in [5.74, 6) is -1.46. The maximum atomic E-state index is 12.1. The fraction of sp³-hybridized carbons (Fsp3) is 0.300. The summed E-state index contributed by atoms with van der Waals surface area (Å²) < 4.78 is 0. The van der Waals surface area contributed by atoms with Crippen molar-refractivity contribution in [2.45, 2.75) is 39.5 Å². The highest BCUT2D eigenvalue weighted by Crippen LogP contribution is 2.19. The van der Waals surface area contributed by atoms with E-state index in [2.05, 4.69) is 37.4 Å². The Labute approximate surface area is 142 Å². The molecule has 0 heterocycles. The van der Waals surface area contributed by atoms with Crippen LogP contribution < -0.4 is 5.32 Å². The zero-order chi connectivity index (χ0) is 17.7. The van der Waals surface area contributed by atoms with Gasteiger partial charge in [0.1, 0.15) is 0 Å². The Morgan fingerprint density at radius 3 is 2.33 bits per heavy atom. The van der Waals surface area contributed by atoms with Crippen LogP contribution in [0, 0.1) is 13.8 Å². The Bertz CT molecular complexity index is 735. The first-order valence-corrected chi connectivity index (χ1v) is 8.05. The molecule has 0 aliphatic rings. The summed E-state index contributed by atoms with van der Waals surface area (Å²) in [6.45, 7) is 5.75. The van der Waals surface area contributed by atoms with Gasteiger partial charge in [-0.25, -0.2) is 0 Å². The lowest BCUT2D eigenvalue weighted by molar-refractivity contribution is -0.138. The third-order valence-corrected chi connectivity index (χ3v) is 4.18. The summed E-state index contributed by atoms with van der Waals surface area (Å²) in [6.07, 6.45) is 1.11. The normalized spacial score (nSPS) is 11.8. The van der Waals surface area contributed by atoms with Gasteiger partial charge in [0.15, 0.2) is 0 Å². The summed E-state index contributed by atoms with van der Waals surface area (Å²) in [7, 11) is 0. The molecule has 24 heavy (non-hydrogen) atoms. The zero-order valence-electron chi connectivity index (χ0n) is 14.3. The van der Waals surface area contributed by atoms with Gasteiger partial charge in [0.2, 0.25) is 5.91 Å². The molecule has 2 rings (SSSR count). The number of carbonyl (C=O) groups excluding carboxylic acids is 1. The Morgan fingerprint density at radius 2 is 1.75 bits per heavy atom. The maximum Gasteiger partial charge on any atom is 0.310 e. The number of amides is 1. The average molecular weight is 325 g/mol. The molecule has 4 nitrogen and oxygen atoms in total. The Kier molecular flexibility index (Phi) is 5.74. The first-order valence-electron chi connectivity index (χ1n) is 8.05. The average Bonchev–Trinajstić information content (AvgIpc) is 2.54. The summed E-state index contributed by atoms with van der Waals surface area (Å²) in [5.41, 5.74) is 5.00. The van der Waals surface area contributed by atoms with Crippen LogP contribution in [0.2, 0.25) is 0 Å². The highest BCUT2D eigenvalue weighted by molar-refractivity contribution is 5.91. The van der Waals surface area contributed by atoms with Crippen molar-refractivity contribution in [1.82, 2.24) is 0 Å². The monoisotopic (exact) mass is 325 g/mol. The second-order valence-corrected chi connectivity index (χ2v) is 6.16. The van der Waals surface area contributed by atoms with Crippen molar-refractivity contribution in [1.29, 1.82) is 0 Å². The number of anilines is 1. The van der Waals surface area contributed by atoms with Gasteiger partial charge >= 0.3 is 5.97 Å². The predicted molar refractivity (Wildman–Crippen MR) is 95.4 cm³/mol. The number of hydrogen-bond acceptors (Lipinski definition) is 2. The number of benzene rings is 2. The third kappa shape index (κ3) is 4.69. The lowest BCUT2D eigenvalue weighted by Gasteiger charge is -2.10. The molecule has 4 heteroatoms.